The molecule has 1 aromatic heterocycles. The molecule has 28 heavy (non-hydrogen) atoms. The van der Waals surface area contributed by atoms with Crippen molar-refractivity contribution < 1.29 is 14.3 Å². The minimum absolute atomic E-state index is 0.185. The lowest BCUT2D eigenvalue weighted by Gasteiger charge is -2.07. The Balaban J connectivity index is 1.88. The van der Waals surface area contributed by atoms with Crippen molar-refractivity contribution in [2.75, 3.05) is 19.8 Å². The lowest BCUT2D eigenvalue weighted by atomic mass is 10.3. The van der Waals surface area contributed by atoms with Gasteiger partial charge in [-0.2, -0.15) is 4.99 Å². The molecule has 0 aliphatic carbocycles. The second kappa shape index (κ2) is 9.76. The van der Waals surface area contributed by atoms with E-state index in [0.29, 0.717) is 45.4 Å². The van der Waals surface area contributed by atoms with E-state index < -0.39 is 5.91 Å². The molecular formula is C19H17Cl3N2O3S. The lowest BCUT2D eigenvalue weighted by molar-refractivity contribution is -0.120. The molecule has 0 aliphatic heterocycles. The third kappa shape index (κ3) is 5.27. The highest BCUT2D eigenvalue weighted by Crippen LogP contribution is 2.29. The van der Waals surface area contributed by atoms with Crippen molar-refractivity contribution in [1.29, 1.82) is 0 Å². The van der Waals surface area contributed by atoms with E-state index in [9.17, 15) is 4.79 Å². The predicted molar refractivity (Wildman–Crippen MR) is 114 cm³/mol. The number of benzene rings is 2. The molecule has 0 saturated carbocycles. The molecule has 0 saturated heterocycles. The van der Waals surface area contributed by atoms with Crippen molar-refractivity contribution in [2.45, 2.75) is 13.5 Å². The molecule has 0 atom stereocenters. The van der Waals surface area contributed by atoms with Gasteiger partial charge >= 0.3 is 0 Å². The van der Waals surface area contributed by atoms with Crippen molar-refractivity contribution in [2.24, 2.45) is 4.99 Å². The molecule has 5 nitrogen and oxygen atoms in total. The van der Waals surface area contributed by atoms with Gasteiger partial charge in [0.15, 0.2) is 11.4 Å². The lowest BCUT2D eigenvalue weighted by Crippen LogP contribution is -2.21. The number of hydrogen-bond donors (Lipinski definition) is 0. The smallest absolute Gasteiger partial charge is 0.286 e. The monoisotopic (exact) mass is 458 g/mol. The normalized spacial score (nSPS) is 11.9. The van der Waals surface area contributed by atoms with Gasteiger partial charge in [-0.15, -0.1) is 0 Å². The SMILES string of the molecule is CCOCCn1c(=NC(=O)COc2ccc(Cl)cc2)sc2cc(Cl)cc(Cl)c21. The molecular weight excluding hydrogens is 443 g/mol. The van der Waals surface area contributed by atoms with Gasteiger partial charge in [-0.1, -0.05) is 46.1 Å². The van der Waals surface area contributed by atoms with Crippen LogP contribution in [-0.2, 0) is 16.1 Å². The molecule has 0 N–H and O–H groups in total. The number of amides is 1. The number of halogens is 3. The first-order valence-corrected chi connectivity index (χ1v) is 10.4. The average molecular weight is 460 g/mol. The highest BCUT2D eigenvalue weighted by molar-refractivity contribution is 7.16. The summed E-state index contributed by atoms with van der Waals surface area (Å²) in [5.41, 5.74) is 0.779. The Morgan fingerprint density at radius 3 is 2.61 bits per heavy atom. The van der Waals surface area contributed by atoms with Crippen LogP contribution in [0.5, 0.6) is 5.75 Å². The highest BCUT2D eigenvalue weighted by Gasteiger charge is 2.13. The zero-order valence-corrected chi connectivity index (χ0v) is 18.0. The Labute approximate surface area is 181 Å². The first-order chi connectivity index (χ1) is 13.5. The minimum Gasteiger partial charge on any atom is -0.484 e. The van der Waals surface area contributed by atoms with E-state index in [1.54, 1.807) is 36.4 Å². The first kappa shape index (κ1) is 21.1. The zero-order valence-electron chi connectivity index (χ0n) is 15.0. The number of fused-ring (bicyclic) bond motifs is 1. The quantitative estimate of drug-likeness (QED) is 0.456. The van der Waals surface area contributed by atoms with E-state index in [-0.39, 0.29) is 6.61 Å². The van der Waals surface area contributed by atoms with Crippen LogP contribution in [0.3, 0.4) is 0 Å². The Kier molecular flexibility index (Phi) is 7.37. The third-order valence-corrected chi connectivity index (χ3v) is 5.54. The van der Waals surface area contributed by atoms with Gasteiger partial charge in [0.05, 0.1) is 21.8 Å². The van der Waals surface area contributed by atoms with Crippen LogP contribution in [0.2, 0.25) is 15.1 Å². The second-order valence-corrected chi connectivity index (χ2v) is 8.00. The summed E-state index contributed by atoms with van der Waals surface area (Å²) in [6.07, 6.45) is 0. The molecule has 0 spiro atoms. The number of thiazole rings is 1. The predicted octanol–water partition coefficient (Wildman–Crippen LogP) is 5.21. The van der Waals surface area contributed by atoms with Crippen LogP contribution in [0.1, 0.15) is 6.92 Å². The van der Waals surface area contributed by atoms with Crippen LogP contribution in [0.15, 0.2) is 41.4 Å². The van der Waals surface area contributed by atoms with Gasteiger partial charge < -0.3 is 14.0 Å². The summed E-state index contributed by atoms with van der Waals surface area (Å²) in [5, 5.41) is 1.63. The maximum atomic E-state index is 12.3. The molecule has 0 unspecified atom stereocenters. The molecule has 0 fully saturated rings. The summed E-state index contributed by atoms with van der Waals surface area (Å²) in [4.78, 5) is 17.1. The Morgan fingerprint density at radius 1 is 1.14 bits per heavy atom. The largest absolute Gasteiger partial charge is 0.484 e. The second-order valence-electron chi connectivity index (χ2n) is 5.72. The molecule has 1 amide bonds. The van der Waals surface area contributed by atoms with Crippen LogP contribution in [0, 0.1) is 0 Å². The summed E-state index contributed by atoms with van der Waals surface area (Å²) in [5.74, 6) is 0.136. The zero-order chi connectivity index (χ0) is 20.1. The Hall–Kier alpha value is -1.57. The van der Waals surface area contributed by atoms with Crippen LogP contribution in [0.4, 0.5) is 0 Å². The number of carbonyl (C=O) groups is 1. The third-order valence-electron chi connectivity index (χ3n) is 3.75. The van der Waals surface area contributed by atoms with Gasteiger partial charge in [-0.3, -0.25) is 4.79 Å². The summed E-state index contributed by atoms with van der Waals surface area (Å²) < 4.78 is 13.6. The number of rotatable bonds is 7. The average Bonchev–Trinajstić information content (AvgIpc) is 2.98. The maximum Gasteiger partial charge on any atom is 0.286 e. The highest BCUT2D eigenvalue weighted by atomic mass is 35.5. The number of hydrogen-bond acceptors (Lipinski definition) is 4. The van der Waals surface area contributed by atoms with Crippen molar-refractivity contribution in [3.05, 3.63) is 56.3 Å². The number of carbonyl (C=O) groups excluding carboxylic acids is 1. The summed E-state index contributed by atoms with van der Waals surface area (Å²) in [6, 6.07) is 10.2. The molecule has 0 aliphatic rings. The van der Waals surface area contributed by atoms with Crippen LogP contribution in [0.25, 0.3) is 10.2 Å². The van der Waals surface area contributed by atoms with E-state index in [0.717, 1.165) is 10.2 Å². The van der Waals surface area contributed by atoms with Gasteiger partial charge in [0.25, 0.3) is 5.91 Å². The fourth-order valence-electron chi connectivity index (χ4n) is 2.54. The molecule has 0 radical (unpaired) electrons. The molecule has 148 valence electrons. The van der Waals surface area contributed by atoms with E-state index >= 15 is 0 Å². The van der Waals surface area contributed by atoms with E-state index in [1.807, 2.05) is 11.5 Å². The number of aromatic nitrogens is 1. The van der Waals surface area contributed by atoms with Gasteiger partial charge in [0.1, 0.15) is 5.75 Å². The van der Waals surface area contributed by atoms with Crippen LogP contribution >= 0.6 is 46.1 Å². The standard InChI is InChI=1S/C19H17Cl3N2O3S/c1-2-26-8-7-24-18-15(22)9-13(21)10-16(18)28-19(24)23-17(25)11-27-14-5-3-12(20)4-6-14/h3-6,9-10H,2,7-8,11H2,1H3. The Bertz CT molecular complexity index is 1040. The Morgan fingerprint density at radius 2 is 1.89 bits per heavy atom. The van der Waals surface area contributed by atoms with Crippen molar-refractivity contribution in [1.82, 2.24) is 4.57 Å². The molecule has 3 aromatic rings. The van der Waals surface area contributed by atoms with Gasteiger partial charge in [-0.25, -0.2) is 0 Å². The summed E-state index contributed by atoms with van der Waals surface area (Å²) >= 11 is 19.7. The number of nitrogens with zero attached hydrogens (tertiary/aromatic N) is 2. The molecule has 2 aromatic carbocycles. The summed E-state index contributed by atoms with van der Waals surface area (Å²) in [7, 11) is 0. The summed E-state index contributed by atoms with van der Waals surface area (Å²) in [6.45, 7) is 3.33. The molecule has 3 rings (SSSR count). The van der Waals surface area contributed by atoms with E-state index in [1.165, 1.54) is 11.3 Å². The maximum absolute atomic E-state index is 12.3. The fraction of sp³-hybridized carbons (Fsp3) is 0.263. The van der Waals surface area contributed by atoms with Crippen molar-refractivity contribution >= 4 is 62.3 Å². The van der Waals surface area contributed by atoms with Gasteiger partial charge in [-0.05, 0) is 43.3 Å². The van der Waals surface area contributed by atoms with Crippen LogP contribution < -0.4 is 9.54 Å². The first-order valence-electron chi connectivity index (χ1n) is 8.50. The molecule has 0 bridgehead atoms. The molecule has 1 heterocycles. The molecule has 9 heteroatoms. The topological polar surface area (TPSA) is 52.8 Å². The van der Waals surface area contributed by atoms with E-state index in [4.69, 9.17) is 44.3 Å². The minimum atomic E-state index is -0.408. The van der Waals surface area contributed by atoms with Crippen LogP contribution in [-0.4, -0.2) is 30.3 Å². The van der Waals surface area contributed by atoms with Gasteiger partial charge in [0.2, 0.25) is 0 Å². The fourth-order valence-corrected chi connectivity index (χ4v) is 4.52. The van der Waals surface area contributed by atoms with Crippen molar-refractivity contribution in [3.63, 3.8) is 0 Å². The van der Waals surface area contributed by atoms with Crippen molar-refractivity contribution in [3.8, 4) is 5.75 Å². The number of ether oxygens (including phenoxy) is 2. The van der Waals surface area contributed by atoms with E-state index in [2.05, 4.69) is 4.99 Å². The van der Waals surface area contributed by atoms with Gasteiger partial charge in [0, 0.05) is 23.2 Å².